The van der Waals surface area contributed by atoms with Crippen LogP contribution in [0.1, 0.15) is 0 Å². The molecule has 2 rings (SSSR count). The maximum Gasteiger partial charge on any atom is 0.534 e. The zero-order chi connectivity index (χ0) is 26.3. The Morgan fingerprint density at radius 3 is 1.18 bits per heavy atom. The van der Waals surface area contributed by atoms with E-state index in [0.717, 1.165) is 26.4 Å². The van der Waals surface area contributed by atoms with Gasteiger partial charge in [0.15, 0.2) is 11.5 Å². The number of hydrogen-bond donors (Lipinski definition) is 0. The van der Waals surface area contributed by atoms with E-state index in [1.54, 1.807) is 0 Å². The number of rotatable bonds is 7. The van der Waals surface area contributed by atoms with Crippen molar-refractivity contribution < 1.29 is 61.0 Å². The minimum atomic E-state index is -6.33. The zero-order valence-electron chi connectivity index (χ0n) is 16.4. The van der Waals surface area contributed by atoms with E-state index in [4.69, 9.17) is 32.7 Å². The van der Waals surface area contributed by atoms with Crippen molar-refractivity contribution >= 4 is 43.4 Å². The number of methoxy groups -OCH3 is 2. The van der Waals surface area contributed by atoms with Crippen LogP contribution in [0.4, 0.5) is 26.3 Å². The van der Waals surface area contributed by atoms with Crippen molar-refractivity contribution in [3.63, 3.8) is 0 Å². The molecule has 0 aromatic heterocycles. The van der Waals surface area contributed by atoms with Gasteiger partial charge in [-0.3, -0.25) is 0 Å². The van der Waals surface area contributed by atoms with Gasteiger partial charge in [-0.2, -0.15) is 43.2 Å². The number of alkyl halides is 6. The first-order valence-electron chi connectivity index (χ1n) is 8.12. The highest BCUT2D eigenvalue weighted by Gasteiger charge is 2.50. The number of hydrogen-bond acceptors (Lipinski definition) is 8. The van der Waals surface area contributed by atoms with Gasteiger partial charge in [-0.15, -0.1) is 0 Å². The molecule has 0 saturated carbocycles. The smallest absolute Gasteiger partial charge is 0.494 e. The van der Waals surface area contributed by atoms with Crippen LogP contribution in [-0.2, 0) is 20.2 Å². The molecular formula is C16H10Cl2F6O8S2. The third-order valence-electron chi connectivity index (χ3n) is 3.77. The summed E-state index contributed by atoms with van der Waals surface area (Å²) in [6.45, 7) is 0. The van der Waals surface area contributed by atoms with E-state index in [9.17, 15) is 43.2 Å². The molecule has 190 valence electrons. The van der Waals surface area contributed by atoms with E-state index in [1.165, 1.54) is 0 Å². The van der Waals surface area contributed by atoms with Gasteiger partial charge in [0.2, 0.25) is 0 Å². The molecule has 0 spiro atoms. The van der Waals surface area contributed by atoms with Crippen LogP contribution in [0.25, 0.3) is 11.1 Å². The summed E-state index contributed by atoms with van der Waals surface area (Å²) in [6, 6.07) is 2.89. The van der Waals surface area contributed by atoms with Gasteiger partial charge in [-0.25, -0.2) is 0 Å². The van der Waals surface area contributed by atoms with Gasteiger partial charge in [-0.1, -0.05) is 23.2 Å². The molecular weight excluding hydrogens is 569 g/mol. The Balaban J connectivity index is 3.00. The fourth-order valence-electron chi connectivity index (χ4n) is 2.42. The van der Waals surface area contributed by atoms with Crippen LogP contribution in [-0.4, -0.2) is 42.1 Å². The maximum atomic E-state index is 12.9. The number of halogens is 8. The highest BCUT2D eigenvalue weighted by Crippen LogP contribution is 2.53. The second-order valence-electron chi connectivity index (χ2n) is 5.87. The number of ether oxygens (including phenoxy) is 2. The topological polar surface area (TPSA) is 105 Å². The van der Waals surface area contributed by atoms with Crippen LogP contribution in [0, 0.1) is 0 Å². The summed E-state index contributed by atoms with van der Waals surface area (Å²) in [7, 11) is -10.8. The Labute approximate surface area is 198 Å². The van der Waals surface area contributed by atoms with Crippen molar-refractivity contribution in [2.24, 2.45) is 0 Å². The molecule has 0 aliphatic carbocycles. The van der Waals surface area contributed by atoms with Crippen molar-refractivity contribution in [2.75, 3.05) is 14.2 Å². The van der Waals surface area contributed by atoms with Crippen LogP contribution in [0.5, 0.6) is 23.0 Å². The minimum Gasteiger partial charge on any atom is -0.494 e. The molecule has 34 heavy (non-hydrogen) atoms. The molecule has 2 aromatic rings. The lowest BCUT2D eigenvalue weighted by atomic mass is 10.0. The summed E-state index contributed by atoms with van der Waals surface area (Å²) in [5.41, 5.74) is -13.6. The largest absolute Gasteiger partial charge is 0.534 e. The van der Waals surface area contributed by atoms with Gasteiger partial charge >= 0.3 is 31.3 Å². The first-order valence-corrected chi connectivity index (χ1v) is 11.7. The second kappa shape index (κ2) is 9.39. The average Bonchev–Trinajstić information content (AvgIpc) is 2.68. The lowest BCUT2D eigenvalue weighted by Crippen LogP contribution is -2.28. The second-order valence-corrected chi connectivity index (χ2v) is 9.76. The molecule has 0 atom stereocenters. The Bertz CT molecular complexity index is 1210. The average molecular weight is 579 g/mol. The molecule has 0 saturated heterocycles. The predicted octanol–water partition coefficient (Wildman–Crippen LogP) is 5.13. The van der Waals surface area contributed by atoms with Crippen molar-refractivity contribution in [2.45, 2.75) is 11.0 Å². The Morgan fingerprint density at radius 1 is 0.647 bits per heavy atom. The normalized spacial score (nSPS) is 12.9. The molecule has 0 aliphatic heterocycles. The predicted molar refractivity (Wildman–Crippen MR) is 106 cm³/mol. The number of benzene rings is 2. The molecule has 2 aromatic carbocycles. The van der Waals surface area contributed by atoms with Gasteiger partial charge < -0.3 is 17.8 Å². The fraction of sp³-hybridized carbons (Fsp3) is 0.250. The van der Waals surface area contributed by atoms with Crippen LogP contribution in [0.2, 0.25) is 10.0 Å². The van der Waals surface area contributed by atoms with E-state index in [2.05, 4.69) is 8.37 Å². The van der Waals surface area contributed by atoms with E-state index in [1.807, 2.05) is 0 Å². The Kier molecular flexibility index (Phi) is 7.72. The molecule has 0 N–H and O–H groups in total. The molecule has 0 unspecified atom stereocenters. The summed E-state index contributed by atoms with van der Waals surface area (Å²) in [5.74, 6) is -3.67. The van der Waals surface area contributed by atoms with Gasteiger partial charge in [-0.05, 0) is 24.3 Å². The fourth-order valence-corrected chi connectivity index (χ4v) is 3.83. The van der Waals surface area contributed by atoms with E-state index in [0.29, 0.717) is 12.1 Å². The molecule has 8 nitrogen and oxygen atoms in total. The highest BCUT2D eigenvalue weighted by atomic mass is 35.5. The van der Waals surface area contributed by atoms with E-state index in [-0.39, 0.29) is 0 Å². The van der Waals surface area contributed by atoms with Gasteiger partial charge in [0.25, 0.3) is 0 Å². The standard InChI is InChI=1S/C16H10Cl2F6O8S2/c1-29-13-7(17)3-5-9(31-33(25,26)15(19,20)21)11(13)12-10(6-4-8(18)14(12)30-2)32-34(27,28)16(22,23)24/h3-6H,1-2H3. The molecule has 0 amide bonds. The summed E-state index contributed by atoms with van der Waals surface area (Å²) in [6.07, 6.45) is 0. The van der Waals surface area contributed by atoms with Crippen LogP contribution in [0.15, 0.2) is 24.3 Å². The minimum absolute atomic E-state index is 0.402. The van der Waals surface area contributed by atoms with E-state index >= 15 is 0 Å². The van der Waals surface area contributed by atoms with E-state index < -0.39 is 75.4 Å². The summed E-state index contributed by atoms with van der Waals surface area (Å²) < 4.78 is 142. The first-order chi connectivity index (χ1) is 15.4. The van der Waals surface area contributed by atoms with Gasteiger partial charge in [0.1, 0.15) is 11.5 Å². The SMILES string of the molecule is COc1c(Cl)ccc(OS(=O)(=O)C(F)(F)F)c1-c1c(OS(=O)(=O)C(F)(F)F)ccc(Cl)c1OC. The summed E-state index contributed by atoms with van der Waals surface area (Å²) in [4.78, 5) is 0. The highest BCUT2D eigenvalue weighted by molar-refractivity contribution is 7.88. The van der Waals surface area contributed by atoms with Crippen molar-refractivity contribution in [1.82, 2.24) is 0 Å². The van der Waals surface area contributed by atoms with Crippen LogP contribution >= 0.6 is 23.2 Å². The van der Waals surface area contributed by atoms with Crippen LogP contribution < -0.4 is 17.8 Å². The molecule has 0 heterocycles. The molecule has 0 bridgehead atoms. The summed E-state index contributed by atoms with van der Waals surface area (Å²) in [5, 5.41) is -0.804. The van der Waals surface area contributed by atoms with Crippen molar-refractivity contribution in [3.05, 3.63) is 34.3 Å². The quantitative estimate of drug-likeness (QED) is 0.253. The van der Waals surface area contributed by atoms with Crippen molar-refractivity contribution in [3.8, 4) is 34.1 Å². The Hall–Kier alpha value is -2.30. The first kappa shape index (κ1) is 27.9. The lowest BCUT2D eigenvalue weighted by Gasteiger charge is -2.21. The third kappa shape index (κ3) is 5.34. The lowest BCUT2D eigenvalue weighted by molar-refractivity contribution is -0.0505. The maximum absolute atomic E-state index is 12.9. The van der Waals surface area contributed by atoms with Crippen LogP contribution in [0.3, 0.4) is 0 Å². The zero-order valence-corrected chi connectivity index (χ0v) is 19.6. The summed E-state index contributed by atoms with van der Waals surface area (Å²) >= 11 is 11.9. The van der Waals surface area contributed by atoms with Gasteiger partial charge in [0.05, 0.1) is 35.4 Å². The molecule has 18 heteroatoms. The van der Waals surface area contributed by atoms with Crippen molar-refractivity contribution in [1.29, 1.82) is 0 Å². The Morgan fingerprint density at radius 2 is 0.941 bits per heavy atom. The van der Waals surface area contributed by atoms with Gasteiger partial charge in [0, 0.05) is 0 Å². The molecule has 0 fully saturated rings. The molecule has 0 radical (unpaired) electrons. The monoisotopic (exact) mass is 578 g/mol. The molecule has 0 aliphatic rings. The third-order valence-corrected chi connectivity index (χ3v) is 6.29.